The van der Waals surface area contributed by atoms with Crippen LogP contribution in [0.3, 0.4) is 0 Å². The van der Waals surface area contributed by atoms with E-state index in [1.54, 1.807) is 6.07 Å². The van der Waals surface area contributed by atoms with Crippen LogP contribution in [0.25, 0.3) is 0 Å². The van der Waals surface area contributed by atoms with Crippen molar-refractivity contribution in [1.29, 1.82) is 0 Å². The molecule has 1 aromatic rings. The van der Waals surface area contributed by atoms with Gasteiger partial charge in [-0.05, 0) is 40.0 Å². The highest BCUT2D eigenvalue weighted by Crippen LogP contribution is 2.16. The van der Waals surface area contributed by atoms with Crippen LogP contribution in [0.5, 0.6) is 0 Å². The largest absolute Gasteiger partial charge is 0.206 e. The van der Waals surface area contributed by atoms with E-state index in [1.165, 1.54) is 6.07 Å². The highest BCUT2D eigenvalue weighted by atomic mass is 79.9. The predicted octanol–water partition coefficient (Wildman–Crippen LogP) is 3.15. The number of halogens is 2. The Hall–Kier alpha value is -0.810. The number of aryl methyl sites for hydroxylation is 1. The average Bonchev–Trinajstić information content (AvgIpc) is 2.07. The number of hydrogen-bond acceptors (Lipinski definition) is 0. The first-order valence-corrected chi connectivity index (χ1v) is 4.40. The molecule has 0 aliphatic rings. The maximum absolute atomic E-state index is 12.9. The van der Waals surface area contributed by atoms with Crippen molar-refractivity contribution in [1.82, 2.24) is 0 Å². The van der Waals surface area contributed by atoms with E-state index in [0.29, 0.717) is 10.9 Å². The fourth-order valence-electron chi connectivity index (χ4n) is 0.912. The lowest BCUT2D eigenvalue weighted by molar-refractivity contribution is 0.618. The van der Waals surface area contributed by atoms with Gasteiger partial charge in [-0.2, -0.15) is 0 Å². The number of terminal acetylenes is 1. The van der Waals surface area contributed by atoms with E-state index < -0.39 is 0 Å². The molecule has 0 bridgehead atoms. The van der Waals surface area contributed by atoms with Gasteiger partial charge in [0, 0.05) is 6.42 Å². The Balaban J connectivity index is 2.77. The second kappa shape index (κ2) is 4.27. The first-order valence-electron chi connectivity index (χ1n) is 3.61. The maximum atomic E-state index is 12.9. The lowest BCUT2D eigenvalue weighted by atomic mass is 10.1. The molecule has 0 amide bonds. The number of rotatable bonds is 2. The molecule has 0 saturated heterocycles. The molecule has 0 unspecified atom stereocenters. The molecule has 12 heavy (non-hydrogen) atoms. The Morgan fingerprint density at radius 1 is 1.50 bits per heavy atom. The predicted molar refractivity (Wildman–Crippen MR) is 51.3 cm³/mol. The van der Waals surface area contributed by atoms with Gasteiger partial charge in [0.15, 0.2) is 0 Å². The van der Waals surface area contributed by atoms with Gasteiger partial charge in [0.2, 0.25) is 0 Å². The molecule has 0 atom stereocenters. The van der Waals surface area contributed by atoms with Crippen LogP contribution in [0.1, 0.15) is 12.0 Å². The Morgan fingerprint density at radius 2 is 2.25 bits per heavy atom. The Morgan fingerprint density at radius 3 is 2.83 bits per heavy atom. The summed E-state index contributed by atoms with van der Waals surface area (Å²) < 4.78 is 13.4. The van der Waals surface area contributed by atoms with Crippen molar-refractivity contribution in [3.05, 3.63) is 34.1 Å². The third kappa shape index (κ3) is 2.35. The van der Waals surface area contributed by atoms with E-state index in [2.05, 4.69) is 21.9 Å². The van der Waals surface area contributed by atoms with E-state index in [-0.39, 0.29) is 5.82 Å². The summed E-state index contributed by atoms with van der Waals surface area (Å²) in [5, 5.41) is 0. The SMILES string of the molecule is C#CCCc1ccc(Br)c(F)c1. The molecule has 0 aliphatic heterocycles. The Kier molecular flexibility index (Phi) is 3.31. The zero-order chi connectivity index (χ0) is 8.97. The summed E-state index contributed by atoms with van der Waals surface area (Å²) in [6, 6.07) is 5.06. The molecule has 0 aliphatic carbocycles. The van der Waals surface area contributed by atoms with Gasteiger partial charge in [0.1, 0.15) is 5.82 Å². The minimum Gasteiger partial charge on any atom is -0.206 e. The zero-order valence-corrected chi connectivity index (χ0v) is 8.07. The molecule has 1 rings (SSSR count). The van der Waals surface area contributed by atoms with Crippen LogP contribution >= 0.6 is 15.9 Å². The van der Waals surface area contributed by atoms with Crippen molar-refractivity contribution in [3.8, 4) is 12.3 Å². The monoisotopic (exact) mass is 226 g/mol. The fraction of sp³-hybridized carbons (Fsp3) is 0.200. The normalized spacial score (nSPS) is 9.42. The lowest BCUT2D eigenvalue weighted by Crippen LogP contribution is -1.85. The molecule has 0 saturated carbocycles. The van der Waals surface area contributed by atoms with Gasteiger partial charge in [0.05, 0.1) is 4.47 Å². The maximum Gasteiger partial charge on any atom is 0.137 e. The number of benzene rings is 1. The summed E-state index contributed by atoms with van der Waals surface area (Å²) in [4.78, 5) is 0. The van der Waals surface area contributed by atoms with Crippen molar-refractivity contribution in [2.24, 2.45) is 0 Å². The van der Waals surface area contributed by atoms with Crippen molar-refractivity contribution < 1.29 is 4.39 Å². The van der Waals surface area contributed by atoms with Crippen molar-refractivity contribution in [3.63, 3.8) is 0 Å². The van der Waals surface area contributed by atoms with Crippen LogP contribution in [-0.2, 0) is 6.42 Å². The minimum atomic E-state index is -0.232. The minimum absolute atomic E-state index is 0.232. The molecular formula is C10H8BrF. The Bertz CT molecular complexity index is 312. The molecule has 0 aromatic heterocycles. The molecule has 0 radical (unpaired) electrons. The summed E-state index contributed by atoms with van der Waals surface area (Å²) in [6.45, 7) is 0. The van der Waals surface area contributed by atoms with Gasteiger partial charge >= 0.3 is 0 Å². The van der Waals surface area contributed by atoms with Crippen molar-refractivity contribution in [2.45, 2.75) is 12.8 Å². The third-order valence-electron chi connectivity index (χ3n) is 1.54. The van der Waals surface area contributed by atoms with Gasteiger partial charge in [-0.25, -0.2) is 4.39 Å². The second-order valence-electron chi connectivity index (χ2n) is 2.45. The lowest BCUT2D eigenvalue weighted by Gasteiger charge is -1.98. The molecule has 0 nitrogen and oxygen atoms in total. The average molecular weight is 227 g/mol. The van der Waals surface area contributed by atoms with Crippen LogP contribution < -0.4 is 0 Å². The molecule has 0 heterocycles. The molecule has 0 spiro atoms. The highest BCUT2D eigenvalue weighted by molar-refractivity contribution is 9.10. The Labute approximate surface area is 79.9 Å². The summed E-state index contributed by atoms with van der Waals surface area (Å²) in [5.41, 5.74) is 0.939. The van der Waals surface area contributed by atoms with Crippen molar-refractivity contribution in [2.75, 3.05) is 0 Å². The third-order valence-corrected chi connectivity index (χ3v) is 2.19. The van der Waals surface area contributed by atoms with Crippen LogP contribution in [-0.4, -0.2) is 0 Å². The van der Waals surface area contributed by atoms with E-state index in [4.69, 9.17) is 6.42 Å². The summed E-state index contributed by atoms with van der Waals surface area (Å²) in [5.74, 6) is 2.28. The van der Waals surface area contributed by atoms with Gasteiger partial charge in [-0.1, -0.05) is 6.07 Å². The summed E-state index contributed by atoms with van der Waals surface area (Å²) >= 11 is 3.08. The van der Waals surface area contributed by atoms with Gasteiger partial charge in [-0.3, -0.25) is 0 Å². The molecule has 62 valence electrons. The fourth-order valence-corrected chi connectivity index (χ4v) is 1.16. The van der Waals surface area contributed by atoms with Gasteiger partial charge in [0.25, 0.3) is 0 Å². The van der Waals surface area contributed by atoms with Crippen LogP contribution in [0.2, 0.25) is 0 Å². The topological polar surface area (TPSA) is 0 Å². The van der Waals surface area contributed by atoms with Crippen molar-refractivity contribution >= 4 is 15.9 Å². The zero-order valence-electron chi connectivity index (χ0n) is 6.48. The first-order chi connectivity index (χ1) is 5.74. The van der Waals surface area contributed by atoms with Gasteiger partial charge in [-0.15, -0.1) is 12.3 Å². The molecule has 0 N–H and O–H groups in total. The van der Waals surface area contributed by atoms with E-state index in [0.717, 1.165) is 12.0 Å². The summed E-state index contributed by atoms with van der Waals surface area (Å²) in [6.07, 6.45) is 6.48. The highest BCUT2D eigenvalue weighted by Gasteiger charge is 1.99. The molecule has 0 fully saturated rings. The van der Waals surface area contributed by atoms with Gasteiger partial charge < -0.3 is 0 Å². The van der Waals surface area contributed by atoms with E-state index in [1.807, 2.05) is 6.07 Å². The molecular weight excluding hydrogens is 219 g/mol. The van der Waals surface area contributed by atoms with Crippen LogP contribution in [0.15, 0.2) is 22.7 Å². The first kappa shape index (κ1) is 9.28. The number of hydrogen-bond donors (Lipinski definition) is 0. The standard InChI is InChI=1S/C10H8BrF/c1-2-3-4-8-5-6-9(11)10(12)7-8/h1,5-7H,3-4H2. The van der Waals surface area contributed by atoms with Crippen LogP contribution in [0.4, 0.5) is 4.39 Å². The molecule has 1 aromatic carbocycles. The van der Waals surface area contributed by atoms with E-state index >= 15 is 0 Å². The van der Waals surface area contributed by atoms with Crippen LogP contribution in [0, 0.1) is 18.2 Å². The van der Waals surface area contributed by atoms with E-state index in [9.17, 15) is 4.39 Å². The molecule has 2 heteroatoms. The second-order valence-corrected chi connectivity index (χ2v) is 3.31. The summed E-state index contributed by atoms with van der Waals surface area (Å²) in [7, 11) is 0. The smallest absolute Gasteiger partial charge is 0.137 e. The quantitative estimate of drug-likeness (QED) is 0.681.